The topological polar surface area (TPSA) is 64.0 Å². The number of ether oxygens (including phenoxy) is 2. The molecule has 0 spiro atoms. The Morgan fingerprint density at radius 2 is 1.62 bits per heavy atom. The molecule has 1 aliphatic heterocycles. The van der Waals surface area contributed by atoms with Gasteiger partial charge in [-0.1, -0.05) is 12.1 Å². The summed E-state index contributed by atoms with van der Waals surface area (Å²) >= 11 is 0. The second-order valence-corrected chi connectivity index (χ2v) is 7.62. The minimum Gasteiger partial charge on any atom is -0.493 e. The summed E-state index contributed by atoms with van der Waals surface area (Å²) in [6.07, 6.45) is 1.61. The van der Waals surface area contributed by atoms with Crippen molar-refractivity contribution in [3.8, 4) is 11.5 Å². The van der Waals surface area contributed by atoms with Crippen molar-refractivity contribution >= 4 is 22.4 Å². The first-order valence-corrected chi connectivity index (χ1v) is 10.6. The second kappa shape index (κ2) is 8.90. The molecular formula is C24H26FN3O4. The third-order valence-electron chi connectivity index (χ3n) is 5.92. The van der Waals surface area contributed by atoms with Gasteiger partial charge < -0.3 is 23.8 Å². The Labute approximate surface area is 185 Å². The number of pyridine rings is 1. The maximum absolute atomic E-state index is 14.1. The van der Waals surface area contributed by atoms with E-state index in [1.807, 2.05) is 11.8 Å². The Bertz CT molecular complexity index is 1220. The van der Waals surface area contributed by atoms with Gasteiger partial charge in [-0.3, -0.25) is 9.59 Å². The van der Waals surface area contributed by atoms with Crippen LogP contribution in [-0.4, -0.2) is 55.8 Å². The molecule has 1 aliphatic rings. The normalized spacial score (nSPS) is 14.0. The van der Waals surface area contributed by atoms with Gasteiger partial charge in [0.15, 0.2) is 11.5 Å². The number of rotatable bonds is 5. The molecule has 0 atom stereocenters. The van der Waals surface area contributed by atoms with E-state index in [1.54, 1.807) is 41.4 Å². The van der Waals surface area contributed by atoms with Gasteiger partial charge in [-0.15, -0.1) is 0 Å². The number of aromatic nitrogens is 1. The van der Waals surface area contributed by atoms with Crippen LogP contribution in [0.5, 0.6) is 11.5 Å². The fourth-order valence-corrected chi connectivity index (χ4v) is 4.15. The molecule has 7 nitrogen and oxygen atoms in total. The molecule has 0 bridgehead atoms. The Hall–Kier alpha value is -3.55. The quantitative estimate of drug-likeness (QED) is 0.611. The molecule has 1 aromatic heterocycles. The van der Waals surface area contributed by atoms with Gasteiger partial charge in [0, 0.05) is 44.3 Å². The van der Waals surface area contributed by atoms with E-state index in [4.69, 9.17) is 9.47 Å². The van der Waals surface area contributed by atoms with E-state index in [0.29, 0.717) is 66.2 Å². The van der Waals surface area contributed by atoms with Crippen LogP contribution in [-0.2, 0) is 6.54 Å². The molecule has 3 aromatic rings. The number of benzene rings is 2. The summed E-state index contributed by atoms with van der Waals surface area (Å²) in [5.74, 6) is 0.446. The average Bonchev–Trinajstić information content (AvgIpc) is 2.83. The maximum atomic E-state index is 14.1. The summed E-state index contributed by atoms with van der Waals surface area (Å²) in [6.45, 7) is 4.24. The number of hydrogen-bond acceptors (Lipinski definition) is 5. The first kappa shape index (κ1) is 21.7. The van der Waals surface area contributed by atoms with Crippen molar-refractivity contribution in [2.75, 3.05) is 45.3 Å². The summed E-state index contributed by atoms with van der Waals surface area (Å²) < 4.78 is 26.4. The van der Waals surface area contributed by atoms with Crippen molar-refractivity contribution < 1.29 is 18.7 Å². The zero-order chi connectivity index (χ0) is 22.8. The maximum Gasteiger partial charge on any atom is 0.258 e. The number of halogens is 1. The molecule has 168 valence electrons. The third kappa shape index (κ3) is 3.77. The van der Waals surface area contributed by atoms with Crippen LogP contribution < -0.4 is 19.9 Å². The van der Waals surface area contributed by atoms with E-state index in [1.165, 1.54) is 24.9 Å². The molecule has 0 radical (unpaired) electrons. The Morgan fingerprint density at radius 3 is 2.22 bits per heavy atom. The van der Waals surface area contributed by atoms with Crippen molar-refractivity contribution in [1.29, 1.82) is 0 Å². The lowest BCUT2D eigenvalue weighted by Crippen LogP contribution is -2.49. The highest BCUT2D eigenvalue weighted by atomic mass is 19.1. The lowest BCUT2D eigenvalue weighted by atomic mass is 10.0. The van der Waals surface area contributed by atoms with E-state index >= 15 is 0 Å². The summed E-state index contributed by atoms with van der Waals surface area (Å²) in [7, 11) is 3.02. The summed E-state index contributed by atoms with van der Waals surface area (Å²) in [5, 5.41) is 0.930. The fourth-order valence-electron chi connectivity index (χ4n) is 4.15. The van der Waals surface area contributed by atoms with Gasteiger partial charge in [0.05, 0.1) is 30.9 Å². The molecule has 0 N–H and O–H groups in total. The highest BCUT2D eigenvalue weighted by Crippen LogP contribution is 2.33. The van der Waals surface area contributed by atoms with Gasteiger partial charge in [0.25, 0.3) is 11.5 Å². The Morgan fingerprint density at radius 1 is 1.00 bits per heavy atom. The van der Waals surface area contributed by atoms with Gasteiger partial charge in [-0.05, 0) is 31.2 Å². The first-order valence-electron chi connectivity index (χ1n) is 10.6. The van der Waals surface area contributed by atoms with Crippen molar-refractivity contribution in [1.82, 2.24) is 9.47 Å². The van der Waals surface area contributed by atoms with Gasteiger partial charge in [-0.25, -0.2) is 4.39 Å². The van der Waals surface area contributed by atoms with Crippen LogP contribution in [0.2, 0.25) is 0 Å². The number of carbonyl (C=O) groups excluding carboxylic acids is 1. The molecule has 4 rings (SSSR count). The molecule has 8 heteroatoms. The molecule has 32 heavy (non-hydrogen) atoms. The number of methoxy groups -OCH3 is 2. The largest absolute Gasteiger partial charge is 0.493 e. The number of piperazine rings is 1. The number of aryl methyl sites for hydroxylation is 1. The lowest BCUT2D eigenvalue weighted by Gasteiger charge is -2.36. The molecule has 0 saturated carbocycles. The number of hydrogen-bond donors (Lipinski definition) is 0. The summed E-state index contributed by atoms with van der Waals surface area (Å²) in [5.41, 5.74) is 0.785. The third-order valence-corrected chi connectivity index (χ3v) is 5.92. The van der Waals surface area contributed by atoms with Crippen LogP contribution in [0.3, 0.4) is 0 Å². The second-order valence-electron chi connectivity index (χ2n) is 7.62. The minimum absolute atomic E-state index is 0.169. The number of carbonyl (C=O) groups is 1. The van der Waals surface area contributed by atoms with Crippen LogP contribution in [0.15, 0.2) is 47.4 Å². The predicted molar refractivity (Wildman–Crippen MR) is 122 cm³/mol. The molecule has 2 heterocycles. The zero-order valence-corrected chi connectivity index (χ0v) is 18.4. The number of anilines is 1. The molecule has 0 unspecified atom stereocenters. The number of amides is 1. The van der Waals surface area contributed by atoms with Crippen molar-refractivity contribution in [2.45, 2.75) is 13.5 Å². The van der Waals surface area contributed by atoms with E-state index in [9.17, 15) is 14.0 Å². The van der Waals surface area contributed by atoms with Gasteiger partial charge in [0.1, 0.15) is 5.82 Å². The molecular weight excluding hydrogens is 413 g/mol. The smallest absolute Gasteiger partial charge is 0.258 e. The SMILES string of the molecule is CCn1cc(C(=O)N2CCN(c3ccccc3F)CC2)c2cc(OC)c(OC)cc2c1=O. The summed E-state index contributed by atoms with van der Waals surface area (Å²) in [4.78, 5) is 30.1. The van der Waals surface area contributed by atoms with E-state index in [2.05, 4.69) is 0 Å². The Balaban J connectivity index is 1.68. The van der Waals surface area contributed by atoms with E-state index in [0.717, 1.165) is 0 Å². The predicted octanol–water partition coefficient (Wildman–Crippen LogP) is 3.14. The van der Waals surface area contributed by atoms with Crippen LogP contribution in [0.4, 0.5) is 10.1 Å². The van der Waals surface area contributed by atoms with Crippen molar-refractivity contribution in [2.24, 2.45) is 0 Å². The fraction of sp³-hybridized carbons (Fsp3) is 0.333. The molecule has 2 aromatic carbocycles. The van der Waals surface area contributed by atoms with E-state index < -0.39 is 0 Å². The minimum atomic E-state index is -0.269. The van der Waals surface area contributed by atoms with E-state index in [-0.39, 0.29) is 17.3 Å². The number of nitrogens with zero attached hydrogens (tertiary/aromatic N) is 3. The first-order chi connectivity index (χ1) is 15.5. The monoisotopic (exact) mass is 439 g/mol. The van der Waals surface area contributed by atoms with Gasteiger partial charge >= 0.3 is 0 Å². The molecule has 1 fully saturated rings. The van der Waals surface area contributed by atoms with Crippen LogP contribution in [0, 0.1) is 5.82 Å². The van der Waals surface area contributed by atoms with Crippen LogP contribution >= 0.6 is 0 Å². The van der Waals surface area contributed by atoms with Gasteiger partial charge in [-0.2, -0.15) is 0 Å². The zero-order valence-electron chi connectivity index (χ0n) is 18.4. The summed E-state index contributed by atoms with van der Waals surface area (Å²) in [6, 6.07) is 9.95. The van der Waals surface area contributed by atoms with Crippen molar-refractivity contribution in [3.05, 3.63) is 64.3 Å². The number of fused-ring (bicyclic) bond motifs is 1. The molecule has 1 saturated heterocycles. The Kier molecular flexibility index (Phi) is 6.03. The lowest BCUT2D eigenvalue weighted by molar-refractivity contribution is 0.0747. The van der Waals surface area contributed by atoms with Crippen LogP contribution in [0.1, 0.15) is 17.3 Å². The molecule has 1 amide bonds. The standard InChI is InChI=1S/C24H26FN3O4/c1-4-26-15-18(16-13-21(31-2)22(32-3)14-17(16)23(26)29)24(30)28-11-9-27(10-12-28)20-8-6-5-7-19(20)25/h5-8,13-15H,4,9-12H2,1-3H3. The van der Waals surface area contributed by atoms with Crippen LogP contribution in [0.25, 0.3) is 10.8 Å². The highest BCUT2D eigenvalue weighted by molar-refractivity contribution is 6.07. The average molecular weight is 439 g/mol. The van der Waals surface area contributed by atoms with Gasteiger partial charge in [0.2, 0.25) is 0 Å². The molecule has 0 aliphatic carbocycles. The number of para-hydroxylation sites is 1. The van der Waals surface area contributed by atoms with Crippen molar-refractivity contribution in [3.63, 3.8) is 0 Å². The highest BCUT2D eigenvalue weighted by Gasteiger charge is 2.26.